The van der Waals surface area contributed by atoms with Gasteiger partial charge in [-0.2, -0.15) is 0 Å². The minimum absolute atomic E-state index is 0.120. The van der Waals surface area contributed by atoms with E-state index in [1.54, 1.807) is 18.2 Å². The predicted octanol–water partition coefficient (Wildman–Crippen LogP) is 4.69. The van der Waals surface area contributed by atoms with Crippen LogP contribution in [0.2, 0.25) is 0 Å². The fourth-order valence-corrected chi connectivity index (χ4v) is 3.13. The monoisotopic (exact) mass is 331 g/mol. The van der Waals surface area contributed by atoms with Crippen molar-refractivity contribution in [1.29, 1.82) is 0 Å². The summed E-state index contributed by atoms with van der Waals surface area (Å²) >= 11 is 0. The van der Waals surface area contributed by atoms with Crippen LogP contribution in [-0.2, 0) is 11.3 Å². The van der Waals surface area contributed by atoms with E-state index in [1.165, 1.54) is 0 Å². The first-order valence-corrected chi connectivity index (χ1v) is 8.08. The number of phenolic OH excluding ortho intramolecular Hbond substituents is 1. The number of nitrogens with one attached hydrogen (secondary N) is 1. The summed E-state index contributed by atoms with van der Waals surface area (Å²) in [5, 5.41) is 12.6. The molecule has 2 N–H and O–H groups in total. The fourth-order valence-electron chi connectivity index (χ4n) is 3.13. The highest BCUT2D eigenvalue weighted by Crippen LogP contribution is 2.27. The molecule has 0 atom stereocenters. The minimum atomic E-state index is -0.400. The lowest BCUT2D eigenvalue weighted by Crippen LogP contribution is -2.06. The van der Waals surface area contributed by atoms with Gasteiger partial charge in [-0.25, -0.2) is 4.79 Å². The van der Waals surface area contributed by atoms with Gasteiger partial charge < -0.3 is 14.8 Å². The second-order valence-corrected chi connectivity index (χ2v) is 6.11. The van der Waals surface area contributed by atoms with Crippen molar-refractivity contribution < 1.29 is 14.6 Å². The van der Waals surface area contributed by atoms with Crippen LogP contribution in [0.25, 0.3) is 21.7 Å². The van der Waals surface area contributed by atoms with E-state index in [9.17, 15) is 9.90 Å². The Morgan fingerprint density at radius 2 is 1.84 bits per heavy atom. The highest BCUT2D eigenvalue weighted by atomic mass is 16.5. The van der Waals surface area contributed by atoms with Gasteiger partial charge >= 0.3 is 5.97 Å². The number of aryl methyl sites for hydroxylation is 1. The number of aromatic amines is 1. The molecule has 3 aromatic carbocycles. The molecule has 0 saturated heterocycles. The smallest absolute Gasteiger partial charge is 0.340 e. The Bertz CT molecular complexity index is 1090. The number of hydrogen-bond donors (Lipinski definition) is 2. The lowest BCUT2D eigenvalue weighted by Gasteiger charge is -2.07. The Hall–Kier alpha value is -3.27. The number of rotatable bonds is 3. The average Bonchev–Trinajstić information content (AvgIpc) is 2.94. The Labute approximate surface area is 144 Å². The van der Waals surface area contributed by atoms with Crippen LogP contribution in [0.4, 0.5) is 0 Å². The van der Waals surface area contributed by atoms with Gasteiger partial charge in [0, 0.05) is 16.6 Å². The molecular weight excluding hydrogens is 314 g/mol. The number of carbonyl (C=O) groups excluding carboxylic acids is 1. The van der Waals surface area contributed by atoms with Gasteiger partial charge in [0.1, 0.15) is 12.4 Å². The van der Waals surface area contributed by atoms with Crippen molar-refractivity contribution in [2.75, 3.05) is 0 Å². The van der Waals surface area contributed by atoms with E-state index in [2.05, 4.69) is 4.98 Å². The molecule has 124 valence electrons. The average molecular weight is 331 g/mol. The van der Waals surface area contributed by atoms with Gasteiger partial charge in [0.05, 0.1) is 5.56 Å². The summed E-state index contributed by atoms with van der Waals surface area (Å²) in [6, 6.07) is 19.0. The molecule has 0 fully saturated rings. The molecule has 1 aromatic heterocycles. The lowest BCUT2D eigenvalue weighted by molar-refractivity contribution is 0.0474. The maximum atomic E-state index is 12.6. The third-order valence-electron chi connectivity index (χ3n) is 4.36. The zero-order valence-corrected chi connectivity index (χ0v) is 13.7. The van der Waals surface area contributed by atoms with Crippen LogP contribution in [0.5, 0.6) is 5.75 Å². The van der Waals surface area contributed by atoms with Crippen LogP contribution in [0.15, 0.2) is 60.7 Å². The molecule has 0 bridgehead atoms. The number of aromatic nitrogens is 1. The van der Waals surface area contributed by atoms with Crippen molar-refractivity contribution in [3.05, 3.63) is 77.5 Å². The van der Waals surface area contributed by atoms with Gasteiger partial charge in [-0.3, -0.25) is 0 Å². The Morgan fingerprint density at radius 1 is 1.04 bits per heavy atom. The Balaban J connectivity index is 1.59. The SMILES string of the molecule is Cc1[nH]c2ccc(O)cc2c1C(=O)OCc1ccc2ccccc2c1. The van der Waals surface area contributed by atoms with Crippen LogP contribution in [0.3, 0.4) is 0 Å². The zero-order chi connectivity index (χ0) is 17.4. The number of ether oxygens (including phenoxy) is 1. The van der Waals surface area contributed by atoms with Crippen molar-refractivity contribution in [2.45, 2.75) is 13.5 Å². The number of carbonyl (C=O) groups is 1. The molecule has 1 heterocycles. The quantitative estimate of drug-likeness (QED) is 0.535. The molecule has 0 unspecified atom stereocenters. The lowest BCUT2D eigenvalue weighted by atomic mass is 10.1. The van der Waals surface area contributed by atoms with E-state index in [0.717, 1.165) is 27.5 Å². The summed E-state index contributed by atoms with van der Waals surface area (Å²) in [5.41, 5.74) is 2.93. The van der Waals surface area contributed by atoms with Gasteiger partial charge in [-0.1, -0.05) is 36.4 Å². The number of phenols is 1. The molecule has 0 saturated carbocycles. The minimum Gasteiger partial charge on any atom is -0.508 e. The number of fused-ring (bicyclic) bond motifs is 2. The third kappa shape index (κ3) is 2.83. The maximum absolute atomic E-state index is 12.6. The maximum Gasteiger partial charge on any atom is 0.340 e. The van der Waals surface area contributed by atoms with Crippen molar-refractivity contribution in [3.8, 4) is 5.75 Å². The fraction of sp³-hybridized carbons (Fsp3) is 0.0952. The molecule has 4 heteroatoms. The van der Waals surface area contributed by atoms with E-state index < -0.39 is 5.97 Å². The standard InChI is InChI=1S/C21H17NO3/c1-13-20(18-11-17(23)8-9-19(18)22-13)21(24)25-12-14-6-7-15-4-2-3-5-16(15)10-14/h2-11,22-23H,12H2,1H3. The number of benzene rings is 3. The van der Waals surface area contributed by atoms with E-state index in [1.807, 2.05) is 49.4 Å². The van der Waals surface area contributed by atoms with Gasteiger partial charge in [0.25, 0.3) is 0 Å². The number of H-pyrrole nitrogens is 1. The van der Waals surface area contributed by atoms with Crippen LogP contribution in [0, 0.1) is 6.92 Å². The number of hydrogen-bond acceptors (Lipinski definition) is 3. The molecule has 4 rings (SSSR count). The second kappa shape index (κ2) is 5.98. The Kier molecular flexibility index (Phi) is 3.65. The molecule has 4 aromatic rings. The topological polar surface area (TPSA) is 62.3 Å². The van der Waals surface area contributed by atoms with Crippen LogP contribution in [-0.4, -0.2) is 16.1 Å². The van der Waals surface area contributed by atoms with Gasteiger partial charge in [-0.15, -0.1) is 0 Å². The van der Waals surface area contributed by atoms with E-state index in [-0.39, 0.29) is 12.4 Å². The number of esters is 1. The van der Waals surface area contributed by atoms with Crippen molar-refractivity contribution in [1.82, 2.24) is 4.98 Å². The molecule has 0 spiro atoms. The summed E-state index contributed by atoms with van der Waals surface area (Å²) in [4.78, 5) is 15.7. The highest BCUT2D eigenvalue weighted by Gasteiger charge is 2.18. The summed E-state index contributed by atoms with van der Waals surface area (Å²) in [5.74, 6) is -0.280. The van der Waals surface area contributed by atoms with Crippen LogP contribution < -0.4 is 0 Å². The van der Waals surface area contributed by atoms with Gasteiger partial charge in [0.2, 0.25) is 0 Å². The third-order valence-corrected chi connectivity index (χ3v) is 4.36. The molecule has 4 nitrogen and oxygen atoms in total. The summed E-state index contributed by atoms with van der Waals surface area (Å²) in [6.45, 7) is 2.03. The molecule has 0 radical (unpaired) electrons. The predicted molar refractivity (Wildman–Crippen MR) is 97.8 cm³/mol. The second-order valence-electron chi connectivity index (χ2n) is 6.11. The Morgan fingerprint density at radius 3 is 2.68 bits per heavy atom. The summed E-state index contributed by atoms with van der Waals surface area (Å²) in [6.07, 6.45) is 0. The normalized spacial score (nSPS) is 11.1. The largest absolute Gasteiger partial charge is 0.508 e. The first-order valence-electron chi connectivity index (χ1n) is 8.08. The first-order chi connectivity index (χ1) is 12.1. The molecule has 25 heavy (non-hydrogen) atoms. The molecular formula is C21H17NO3. The summed E-state index contributed by atoms with van der Waals surface area (Å²) in [7, 11) is 0. The van der Waals surface area contributed by atoms with Gasteiger partial charge in [-0.05, 0) is 47.5 Å². The van der Waals surface area contributed by atoms with E-state index in [4.69, 9.17) is 4.74 Å². The van der Waals surface area contributed by atoms with Gasteiger partial charge in [0.15, 0.2) is 0 Å². The molecule has 0 aliphatic heterocycles. The molecule has 0 aliphatic carbocycles. The van der Waals surface area contributed by atoms with E-state index in [0.29, 0.717) is 10.9 Å². The highest BCUT2D eigenvalue weighted by molar-refractivity contribution is 6.05. The van der Waals surface area contributed by atoms with Crippen molar-refractivity contribution in [2.24, 2.45) is 0 Å². The van der Waals surface area contributed by atoms with Crippen LogP contribution >= 0.6 is 0 Å². The zero-order valence-electron chi connectivity index (χ0n) is 13.7. The summed E-state index contributed by atoms with van der Waals surface area (Å²) < 4.78 is 5.51. The van der Waals surface area contributed by atoms with Crippen molar-refractivity contribution in [3.63, 3.8) is 0 Å². The first kappa shape index (κ1) is 15.3. The van der Waals surface area contributed by atoms with Crippen molar-refractivity contribution >= 4 is 27.6 Å². The van der Waals surface area contributed by atoms with Crippen LogP contribution in [0.1, 0.15) is 21.6 Å². The van der Waals surface area contributed by atoms with E-state index >= 15 is 0 Å². The molecule has 0 aliphatic rings. The number of aromatic hydroxyl groups is 1. The molecule has 0 amide bonds.